The smallest absolute Gasteiger partial charge is 0.0309 e. The van der Waals surface area contributed by atoms with Crippen LogP contribution in [-0.2, 0) is 0 Å². The summed E-state index contributed by atoms with van der Waals surface area (Å²) >= 11 is 0. The van der Waals surface area contributed by atoms with E-state index in [-0.39, 0.29) is 0 Å². The van der Waals surface area contributed by atoms with Crippen molar-refractivity contribution in [2.24, 2.45) is 5.92 Å². The van der Waals surface area contributed by atoms with Crippen LogP contribution in [0, 0.1) is 5.92 Å². The van der Waals surface area contributed by atoms with E-state index in [0.717, 1.165) is 12.0 Å². The van der Waals surface area contributed by atoms with Crippen molar-refractivity contribution in [1.82, 2.24) is 10.2 Å². The van der Waals surface area contributed by atoms with Crippen LogP contribution in [0.2, 0.25) is 0 Å². The number of piperazine rings is 1. The van der Waals surface area contributed by atoms with E-state index in [4.69, 9.17) is 0 Å². The third-order valence-electron chi connectivity index (χ3n) is 4.91. The molecule has 1 heterocycles. The topological polar surface area (TPSA) is 15.3 Å². The second-order valence-corrected chi connectivity index (χ2v) is 6.96. The summed E-state index contributed by atoms with van der Waals surface area (Å²) in [5, 5.41) is 3.91. The van der Waals surface area contributed by atoms with Crippen molar-refractivity contribution in [3.63, 3.8) is 0 Å². The first kappa shape index (κ1) is 14.3. The zero-order valence-electron chi connectivity index (χ0n) is 12.7. The molecule has 2 heteroatoms. The Balaban J connectivity index is 1.93. The van der Waals surface area contributed by atoms with Crippen LogP contribution in [0.3, 0.4) is 0 Å². The van der Waals surface area contributed by atoms with Gasteiger partial charge in [0.25, 0.3) is 0 Å². The number of nitrogens with zero attached hydrogens (tertiary/aromatic N) is 1. The van der Waals surface area contributed by atoms with Crippen LogP contribution < -0.4 is 5.32 Å². The lowest BCUT2D eigenvalue weighted by molar-refractivity contribution is 0.0715. The molecule has 1 aliphatic carbocycles. The highest BCUT2D eigenvalue weighted by molar-refractivity contribution is 5.00. The fourth-order valence-corrected chi connectivity index (χ4v) is 3.73. The van der Waals surface area contributed by atoms with Gasteiger partial charge in [0.1, 0.15) is 0 Å². The molecule has 0 bridgehead atoms. The van der Waals surface area contributed by atoms with Crippen LogP contribution in [0.5, 0.6) is 0 Å². The second-order valence-electron chi connectivity index (χ2n) is 6.96. The van der Waals surface area contributed by atoms with Crippen LogP contribution in [0.25, 0.3) is 0 Å². The van der Waals surface area contributed by atoms with E-state index >= 15 is 0 Å². The molecule has 1 saturated heterocycles. The van der Waals surface area contributed by atoms with Crippen LogP contribution in [0.4, 0.5) is 0 Å². The Morgan fingerprint density at radius 3 is 2.61 bits per heavy atom. The monoisotopic (exact) mass is 252 g/mol. The van der Waals surface area contributed by atoms with E-state index < -0.39 is 0 Å². The standard InChI is InChI=1S/C16H32N2/c1-4-7-15-12-17-16(9-5-6-10-16)13-18(15)11-8-14(2)3/h14-15,17H,4-13H2,1-3H3. The molecule has 0 aromatic carbocycles. The minimum Gasteiger partial charge on any atom is -0.308 e. The summed E-state index contributed by atoms with van der Waals surface area (Å²) < 4.78 is 0. The maximum absolute atomic E-state index is 3.91. The predicted octanol–water partition coefficient (Wildman–Crippen LogP) is 3.42. The summed E-state index contributed by atoms with van der Waals surface area (Å²) in [6, 6.07) is 0.792. The Hall–Kier alpha value is -0.0800. The molecule has 2 fully saturated rings. The van der Waals surface area contributed by atoms with Gasteiger partial charge >= 0.3 is 0 Å². The van der Waals surface area contributed by atoms with Gasteiger partial charge < -0.3 is 5.32 Å². The first-order valence-corrected chi connectivity index (χ1v) is 8.14. The molecule has 2 rings (SSSR count). The quantitative estimate of drug-likeness (QED) is 0.806. The Labute approximate surface area is 114 Å². The number of nitrogens with one attached hydrogen (secondary N) is 1. The molecular weight excluding hydrogens is 220 g/mol. The summed E-state index contributed by atoms with van der Waals surface area (Å²) in [6.07, 6.45) is 9.72. The van der Waals surface area contributed by atoms with Gasteiger partial charge in [-0.1, -0.05) is 40.0 Å². The zero-order chi connectivity index (χ0) is 13.0. The Morgan fingerprint density at radius 2 is 2.00 bits per heavy atom. The fourth-order valence-electron chi connectivity index (χ4n) is 3.73. The van der Waals surface area contributed by atoms with E-state index in [1.54, 1.807) is 0 Å². The largest absolute Gasteiger partial charge is 0.308 e. The Kier molecular flexibility index (Phi) is 5.08. The molecule has 0 aromatic heterocycles. The number of hydrogen-bond acceptors (Lipinski definition) is 2. The van der Waals surface area contributed by atoms with Gasteiger partial charge in [0.15, 0.2) is 0 Å². The summed E-state index contributed by atoms with van der Waals surface area (Å²) in [7, 11) is 0. The van der Waals surface area contributed by atoms with Crippen molar-refractivity contribution in [1.29, 1.82) is 0 Å². The Bertz CT molecular complexity index is 243. The third kappa shape index (κ3) is 3.48. The summed E-state index contributed by atoms with van der Waals surface area (Å²) in [6.45, 7) is 10.9. The lowest BCUT2D eigenvalue weighted by Crippen LogP contribution is -2.63. The van der Waals surface area contributed by atoms with Crippen LogP contribution in [-0.4, -0.2) is 36.1 Å². The molecule has 2 aliphatic rings. The molecule has 106 valence electrons. The molecule has 1 unspecified atom stereocenters. The molecule has 2 nitrogen and oxygen atoms in total. The average Bonchev–Trinajstić information content (AvgIpc) is 2.78. The van der Waals surface area contributed by atoms with Crippen molar-refractivity contribution in [3.8, 4) is 0 Å². The first-order valence-electron chi connectivity index (χ1n) is 8.14. The summed E-state index contributed by atoms with van der Waals surface area (Å²) in [4.78, 5) is 2.81. The lowest BCUT2D eigenvalue weighted by atomic mass is 9.90. The van der Waals surface area contributed by atoms with E-state index in [1.165, 1.54) is 64.6 Å². The molecule has 0 amide bonds. The SMILES string of the molecule is CCCC1CNC2(CCCC2)CN1CCC(C)C. The zero-order valence-corrected chi connectivity index (χ0v) is 12.7. The molecule has 18 heavy (non-hydrogen) atoms. The summed E-state index contributed by atoms with van der Waals surface area (Å²) in [5.74, 6) is 0.835. The third-order valence-corrected chi connectivity index (χ3v) is 4.91. The van der Waals surface area contributed by atoms with Gasteiger partial charge in [-0.25, -0.2) is 0 Å². The number of rotatable bonds is 5. The Morgan fingerprint density at radius 1 is 1.28 bits per heavy atom. The molecular formula is C16H32N2. The molecule has 0 aromatic rings. The second kappa shape index (κ2) is 6.38. The maximum atomic E-state index is 3.91. The van der Waals surface area contributed by atoms with Gasteiger partial charge in [-0.05, 0) is 38.1 Å². The minimum atomic E-state index is 0.487. The fraction of sp³-hybridized carbons (Fsp3) is 1.00. The van der Waals surface area contributed by atoms with Crippen LogP contribution in [0.15, 0.2) is 0 Å². The molecule has 1 atom stereocenters. The normalized spacial score (nSPS) is 28.3. The van der Waals surface area contributed by atoms with Crippen molar-refractivity contribution >= 4 is 0 Å². The van der Waals surface area contributed by atoms with Gasteiger partial charge in [0.2, 0.25) is 0 Å². The van der Waals surface area contributed by atoms with Gasteiger partial charge in [-0.2, -0.15) is 0 Å². The van der Waals surface area contributed by atoms with E-state index in [2.05, 4.69) is 31.0 Å². The highest BCUT2D eigenvalue weighted by Gasteiger charge is 2.40. The van der Waals surface area contributed by atoms with Gasteiger partial charge in [0.05, 0.1) is 0 Å². The highest BCUT2D eigenvalue weighted by atomic mass is 15.3. The maximum Gasteiger partial charge on any atom is 0.0309 e. The molecule has 1 saturated carbocycles. The first-order chi connectivity index (χ1) is 8.65. The van der Waals surface area contributed by atoms with Crippen molar-refractivity contribution in [3.05, 3.63) is 0 Å². The predicted molar refractivity (Wildman–Crippen MR) is 78.9 cm³/mol. The highest BCUT2D eigenvalue weighted by Crippen LogP contribution is 2.34. The molecule has 1 N–H and O–H groups in total. The van der Waals surface area contributed by atoms with E-state index in [9.17, 15) is 0 Å². The van der Waals surface area contributed by atoms with Crippen LogP contribution >= 0.6 is 0 Å². The molecule has 1 aliphatic heterocycles. The molecule has 0 radical (unpaired) electrons. The van der Waals surface area contributed by atoms with E-state index in [0.29, 0.717) is 5.54 Å². The van der Waals surface area contributed by atoms with Gasteiger partial charge in [-0.3, -0.25) is 4.90 Å². The van der Waals surface area contributed by atoms with Crippen molar-refractivity contribution < 1.29 is 0 Å². The number of hydrogen-bond donors (Lipinski definition) is 1. The minimum absolute atomic E-state index is 0.487. The van der Waals surface area contributed by atoms with Crippen molar-refractivity contribution in [2.75, 3.05) is 19.6 Å². The van der Waals surface area contributed by atoms with Gasteiger partial charge in [-0.15, -0.1) is 0 Å². The lowest BCUT2D eigenvalue weighted by Gasteiger charge is -2.46. The van der Waals surface area contributed by atoms with Crippen LogP contribution in [0.1, 0.15) is 65.7 Å². The molecule has 1 spiro atoms. The average molecular weight is 252 g/mol. The summed E-state index contributed by atoms with van der Waals surface area (Å²) in [5.41, 5.74) is 0.487. The van der Waals surface area contributed by atoms with E-state index in [1.807, 2.05) is 0 Å². The van der Waals surface area contributed by atoms with Gasteiger partial charge in [0, 0.05) is 24.7 Å². The van der Waals surface area contributed by atoms with Crippen molar-refractivity contribution in [2.45, 2.75) is 77.3 Å².